The lowest BCUT2D eigenvalue weighted by atomic mass is 10.2. The Hall–Kier alpha value is -3.26. The lowest BCUT2D eigenvalue weighted by molar-refractivity contribution is -0.123. The average Bonchev–Trinajstić information content (AvgIpc) is 2.79. The number of hydrogen-bond acceptors (Lipinski definition) is 6. The molecule has 0 aliphatic heterocycles. The van der Waals surface area contributed by atoms with Crippen molar-refractivity contribution in [1.82, 2.24) is 5.43 Å². The lowest BCUT2D eigenvalue weighted by Gasteiger charge is -2.12. The van der Waals surface area contributed by atoms with Gasteiger partial charge in [-0.15, -0.1) is 0 Å². The number of esters is 1. The number of ether oxygens (including phenoxy) is 3. The molecule has 0 heterocycles. The molecule has 1 N–H and O–H groups in total. The van der Waals surface area contributed by atoms with E-state index in [1.807, 2.05) is 0 Å². The maximum atomic E-state index is 12.5. The third-order valence-electron chi connectivity index (χ3n) is 4.19. The highest BCUT2D eigenvalue weighted by Gasteiger charge is 2.16. The van der Waals surface area contributed by atoms with Crippen LogP contribution in [0.1, 0.15) is 22.8 Å². The van der Waals surface area contributed by atoms with Crippen molar-refractivity contribution in [2.24, 2.45) is 5.10 Å². The van der Waals surface area contributed by atoms with Crippen LogP contribution in [-0.4, -0.2) is 31.3 Å². The summed E-state index contributed by atoms with van der Waals surface area (Å²) in [7, 11) is 0. The van der Waals surface area contributed by atoms with Crippen LogP contribution in [0.2, 0.25) is 15.1 Å². The molecule has 0 radical (unpaired) electrons. The van der Waals surface area contributed by atoms with Gasteiger partial charge in [-0.05, 0) is 67.1 Å². The summed E-state index contributed by atoms with van der Waals surface area (Å²) in [5.74, 6) is -0.116. The summed E-state index contributed by atoms with van der Waals surface area (Å²) in [5.41, 5.74) is 3.14. The van der Waals surface area contributed by atoms with Crippen molar-refractivity contribution < 1.29 is 23.8 Å². The van der Waals surface area contributed by atoms with E-state index in [1.54, 1.807) is 55.5 Å². The molecule has 10 heteroatoms. The maximum absolute atomic E-state index is 12.5. The molecule has 0 bridgehead atoms. The molecule has 176 valence electrons. The standard InChI is InChI=1S/C24H19Cl3N2O5/c1-2-32-22-10-15(13-28-29-23(30)14-33-18-5-3-4-16(25)11-18)6-9-21(22)34-24(31)19-8-7-17(26)12-20(19)27/h3-13H,2,14H2,1H3,(H,29,30)/b28-13+. The molecule has 7 nitrogen and oxygen atoms in total. The number of hydrogen-bond donors (Lipinski definition) is 1. The first-order chi connectivity index (χ1) is 16.4. The van der Waals surface area contributed by atoms with Crippen molar-refractivity contribution in [3.05, 3.63) is 86.9 Å². The zero-order valence-corrected chi connectivity index (χ0v) is 20.2. The molecular formula is C24H19Cl3N2O5. The van der Waals surface area contributed by atoms with E-state index in [-0.39, 0.29) is 22.9 Å². The van der Waals surface area contributed by atoms with Crippen molar-refractivity contribution in [2.75, 3.05) is 13.2 Å². The van der Waals surface area contributed by atoms with Crippen LogP contribution in [0.3, 0.4) is 0 Å². The Labute approximate surface area is 211 Å². The predicted octanol–water partition coefficient (Wildman–Crippen LogP) is 5.79. The van der Waals surface area contributed by atoms with E-state index in [0.29, 0.717) is 33.7 Å². The van der Waals surface area contributed by atoms with Gasteiger partial charge in [-0.25, -0.2) is 10.2 Å². The summed E-state index contributed by atoms with van der Waals surface area (Å²) in [6, 6.07) is 16.0. The molecule has 0 saturated carbocycles. The van der Waals surface area contributed by atoms with Gasteiger partial charge in [-0.1, -0.05) is 40.9 Å². The molecule has 3 aromatic carbocycles. The summed E-state index contributed by atoms with van der Waals surface area (Å²) in [4.78, 5) is 24.5. The molecule has 0 aromatic heterocycles. The Morgan fingerprint density at radius 1 is 0.941 bits per heavy atom. The van der Waals surface area contributed by atoms with Crippen molar-refractivity contribution >= 4 is 52.9 Å². The van der Waals surface area contributed by atoms with Crippen molar-refractivity contribution in [3.63, 3.8) is 0 Å². The Balaban J connectivity index is 1.62. The second-order valence-corrected chi connectivity index (χ2v) is 7.97. The fraction of sp³-hybridized carbons (Fsp3) is 0.125. The Kier molecular flexibility index (Phi) is 9.16. The number of hydrazone groups is 1. The van der Waals surface area contributed by atoms with Crippen molar-refractivity contribution in [1.29, 1.82) is 0 Å². The Bertz CT molecular complexity index is 1220. The number of amides is 1. The van der Waals surface area contributed by atoms with E-state index in [4.69, 9.17) is 49.0 Å². The Morgan fingerprint density at radius 3 is 2.47 bits per heavy atom. The number of benzene rings is 3. The van der Waals surface area contributed by atoms with Gasteiger partial charge in [0.1, 0.15) is 5.75 Å². The molecule has 0 saturated heterocycles. The molecule has 0 aliphatic rings. The van der Waals surface area contributed by atoms with Gasteiger partial charge in [0, 0.05) is 10.0 Å². The number of carbonyl (C=O) groups excluding carboxylic acids is 2. The number of carbonyl (C=O) groups is 2. The molecule has 0 aliphatic carbocycles. The van der Waals surface area contributed by atoms with E-state index < -0.39 is 11.9 Å². The van der Waals surface area contributed by atoms with E-state index in [1.165, 1.54) is 18.3 Å². The summed E-state index contributed by atoms with van der Waals surface area (Å²) < 4.78 is 16.4. The van der Waals surface area contributed by atoms with E-state index >= 15 is 0 Å². The van der Waals surface area contributed by atoms with Crippen LogP contribution in [0, 0.1) is 0 Å². The monoisotopic (exact) mass is 520 g/mol. The molecule has 34 heavy (non-hydrogen) atoms. The van der Waals surface area contributed by atoms with Gasteiger partial charge in [0.2, 0.25) is 0 Å². The second kappa shape index (κ2) is 12.3. The number of nitrogens with zero attached hydrogens (tertiary/aromatic N) is 1. The van der Waals surface area contributed by atoms with Crippen LogP contribution < -0.4 is 19.6 Å². The van der Waals surface area contributed by atoms with E-state index in [0.717, 1.165) is 0 Å². The summed E-state index contributed by atoms with van der Waals surface area (Å²) in [5, 5.41) is 4.99. The minimum atomic E-state index is -0.656. The zero-order valence-electron chi connectivity index (χ0n) is 17.9. The van der Waals surface area contributed by atoms with E-state index in [9.17, 15) is 9.59 Å². The first-order valence-electron chi connectivity index (χ1n) is 10.00. The summed E-state index contributed by atoms with van der Waals surface area (Å²) in [6.45, 7) is 1.90. The summed E-state index contributed by atoms with van der Waals surface area (Å²) >= 11 is 17.8. The highest BCUT2D eigenvalue weighted by Crippen LogP contribution is 2.30. The van der Waals surface area contributed by atoms with Gasteiger partial charge in [-0.2, -0.15) is 5.10 Å². The quantitative estimate of drug-likeness (QED) is 0.167. The van der Waals surface area contributed by atoms with E-state index in [2.05, 4.69) is 10.5 Å². The van der Waals surface area contributed by atoms with Gasteiger partial charge < -0.3 is 14.2 Å². The van der Waals surface area contributed by atoms with Gasteiger partial charge in [-0.3, -0.25) is 4.79 Å². The Morgan fingerprint density at radius 2 is 1.74 bits per heavy atom. The third kappa shape index (κ3) is 7.38. The molecule has 0 spiro atoms. The van der Waals surface area contributed by atoms with Gasteiger partial charge in [0.15, 0.2) is 18.1 Å². The fourth-order valence-corrected chi connectivity index (χ4v) is 3.35. The molecule has 3 aromatic rings. The molecule has 0 fully saturated rings. The highest BCUT2D eigenvalue weighted by atomic mass is 35.5. The molecule has 0 atom stereocenters. The van der Waals surface area contributed by atoms with Crippen LogP contribution in [0.25, 0.3) is 0 Å². The largest absolute Gasteiger partial charge is 0.490 e. The zero-order chi connectivity index (χ0) is 24.5. The molecule has 0 unspecified atom stereocenters. The average molecular weight is 522 g/mol. The fourth-order valence-electron chi connectivity index (χ4n) is 2.68. The minimum Gasteiger partial charge on any atom is -0.490 e. The minimum absolute atomic E-state index is 0.168. The molecule has 3 rings (SSSR count). The smallest absolute Gasteiger partial charge is 0.345 e. The maximum Gasteiger partial charge on any atom is 0.345 e. The highest BCUT2D eigenvalue weighted by molar-refractivity contribution is 6.36. The number of rotatable bonds is 9. The van der Waals surface area contributed by atoms with Crippen LogP contribution in [-0.2, 0) is 4.79 Å². The first kappa shape index (κ1) is 25.4. The van der Waals surface area contributed by atoms with Crippen LogP contribution >= 0.6 is 34.8 Å². The summed E-state index contributed by atoms with van der Waals surface area (Å²) in [6.07, 6.45) is 1.42. The second-order valence-electron chi connectivity index (χ2n) is 6.69. The van der Waals surface area contributed by atoms with Gasteiger partial charge in [0.05, 0.1) is 23.4 Å². The van der Waals surface area contributed by atoms with Crippen molar-refractivity contribution in [3.8, 4) is 17.2 Å². The SMILES string of the molecule is CCOc1cc(/C=N/NC(=O)COc2cccc(Cl)c2)ccc1OC(=O)c1ccc(Cl)cc1Cl. The van der Waals surface area contributed by atoms with Gasteiger partial charge >= 0.3 is 5.97 Å². The van der Waals surface area contributed by atoms with Gasteiger partial charge in [0.25, 0.3) is 5.91 Å². The van der Waals surface area contributed by atoms with Crippen LogP contribution in [0.5, 0.6) is 17.2 Å². The number of halogens is 3. The molecule has 1 amide bonds. The topological polar surface area (TPSA) is 86.2 Å². The lowest BCUT2D eigenvalue weighted by Crippen LogP contribution is -2.24. The third-order valence-corrected chi connectivity index (χ3v) is 4.97. The number of nitrogens with one attached hydrogen (secondary N) is 1. The predicted molar refractivity (Wildman–Crippen MR) is 132 cm³/mol. The molecular weight excluding hydrogens is 503 g/mol. The first-order valence-corrected chi connectivity index (χ1v) is 11.1. The van der Waals surface area contributed by atoms with Crippen LogP contribution in [0.4, 0.5) is 0 Å². The van der Waals surface area contributed by atoms with Crippen molar-refractivity contribution in [2.45, 2.75) is 6.92 Å². The normalized spacial score (nSPS) is 10.7. The van der Waals surface area contributed by atoms with Crippen LogP contribution in [0.15, 0.2) is 65.8 Å².